The minimum absolute atomic E-state index is 0.226. The number of sulfonamides is 1. The van der Waals surface area contributed by atoms with Gasteiger partial charge in [-0.15, -0.1) is 0 Å². The normalized spacial score (nSPS) is 14.4. The number of piperazine rings is 1. The van der Waals surface area contributed by atoms with Gasteiger partial charge in [0.2, 0.25) is 0 Å². The van der Waals surface area contributed by atoms with Crippen molar-refractivity contribution >= 4 is 21.4 Å². The molecule has 9 heteroatoms. The number of hydrogen-bond donors (Lipinski definition) is 1. The Hall–Kier alpha value is -3.43. The highest BCUT2D eigenvalue weighted by molar-refractivity contribution is 7.92. The van der Waals surface area contributed by atoms with Gasteiger partial charge >= 0.3 is 0 Å². The molecule has 0 saturated carbocycles. The van der Waals surface area contributed by atoms with Gasteiger partial charge in [0, 0.05) is 44.1 Å². The quantitative estimate of drug-likeness (QED) is 0.481. The van der Waals surface area contributed by atoms with Crippen LogP contribution in [0, 0.1) is 0 Å². The molecule has 0 unspecified atom stereocenters. The number of nitrogens with zero attached hydrogens (tertiary/aromatic N) is 2. The number of anilines is 2. The maximum absolute atomic E-state index is 12.8. The van der Waals surface area contributed by atoms with Gasteiger partial charge in [-0.25, -0.2) is 8.42 Å². The van der Waals surface area contributed by atoms with E-state index in [9.17, 15) is 8.42 Å². The third-order valence-corrected chi connectivity index (χ3v) is 7.48. The van der Waals surface area contributed by atoms with E-state index < -0.39 is 10.0 Å². The second kappa shape index (κ2) is 10.9. The highest BCUT2D eigenvalue weighted by Gasteiger charge is 2.20. The van der Waals surface area contributed by atoms with Crippen molar-refractivity contribution in [2.45, 2.75) is 11.4 Å². The van der Waals surface area contributed by atoms with Crippen molar-refractivity contribution in [1.29, 1.82) is 0 Å². The average molecular weight is 498 g/mol. The fourth-order valence-corrected chi connectivity index (χ4v) is 5.17. The first-order valence-corrected chi connectivity index (χ1v) is 12.9. The van der Waals surface area contributed by atoms with Crippen molar-refractivity contribution in [2.24, 2.45) is 0 Å². The molecule has 35 heavy (non-hydrogen) atoms. The first-order chi connectivity index (χ1) is 16.9. The molecule has 0 spiro atoms. The summed E-state index contributed by atoms with van der Waals surface area (Å²) in [5, 5.41) is 0. The van der Waals surface area contributed by atoms with E-state index in [1.165, 1.54) is 5.56 Å². The molecule has 0 atom stereocenters. The molecule has 8 nitrogen and oxygen atoms in total. The molecule has 1 saturated heterocycles. The van der Waals surface area contributed by atoms with Crippen LogP contribution in [0.2, 0.25) is 0 Å². The lowest BCUT2D eigenvalue weighted by atomic mass is 10.1. The van der Waals surface area contributed by atoms with E-state index in [4.69, 9.17) is 14.2 Å². The zero-order valence-corrected chi connectivity index (χ0v) is 21.0. The SMILES string of the molecule is COc1ccc(NS(=O)(=O)c2ccc(N3CCN(Cc4ccc(OC)c(OC)c4)CC3)cc2)cc1. The molecular formula is C26H31N3O5S. The van der Waals surface area contributed by atoms with Crippen molar-refractivity contribution < 1.29 is 22.6 Å². The van der Waals surface area contributed by atoms with Crippen LogP contribution in [0.3, 0.4) is 0 Å². The molecule has 3 aromatic rings. The predicted molar refractivity (Wildman–Crippen MR) is 137 cm³/mol. The van der Waals surface area contributed by atoms with Crippen LogP contribution in [0.4, 0.5) is 11.4 Å². The van der Waals surface area contributed by atoms with E-state index in [0.717, 1.165) is 49.9 Å². The Kier molecular flexibility index (Phi) is 7.67. The fourth-order valence-electron chi connectivity index (χ4n) is 4.11. The lowest BCUT2D eigenvalue weighted by Crippen LogP contribution is -2.45. The van der Waals surface area contributed by atoms with E-state index >= 15 is 0 Å². The van der Waals surface area contributed by atoms with Crippen molar-refractivity contribution in [3.05, 3.63) is 72.3 Å². The summed E-state index contributed by atoms with van der Waals surface area (Å²) in [6.45, 7) is 4.39. The Morgan fingerprint density at radius 3 is 2.03 bits per heavy atom. The van der Waals surface area contributed by atoms with Gasteiger partial charge < -0.3 is 19.1 Å². The monoisotopic (exact) mass is 497 g/mol. The number of nitrogens with one attached hydrogen (secondary N) is 1. The van der Waals surface area contributed by atoms with Gasteiger partial charge in [-0.1, -0.05) is 6.07 Å². The van der Waals surface area contributed by atoms with E-state index in [-0.39, 0.29) is 4.90 Å². The van der Waals surface area contributed by atoms with Crippen LogP contribution in [0.5, 0.6) is 17.2 Å². The van der Waals surface area contributed by atoms with E-state index in [1.807, 2.05) is 24.3 Å². The van der Waals surface area contributed by atoms with E-state index in [0.29, 0.717) is 11.4 Å². The Balaban J connectivity index is 1.34. The molecule has 1 aliphatic rings. The third kappa shape index (κ3) is 5.98. The molecule has 0 radical (unpaired) electrons. The van der Waals surface area contributed by atoms with Gasteiger partial charge in [0.1, 0.15) is 5.75 Å². The molecule has 0 amide bonds. The van der Waals surface area contributed by atoms with Crippen LogP contribution < -0.4 is 23.8 Å². The molecule has 1 fully saturated rings. The van der Waals surface area contributed by atoms with Gasteiger partial charge in [0.25, 0.3) is 10.0 Å². The Morgan fingerprint density at radius 2 is 1.43 bits per heavy atom. The third-order valence-electron chi connectivity index (χ3n) is 6.08. The topological polar surface area (TPSA) is 80.3 Å². The molecule has 0 aromatic heterocycles. The standard InChI is InChI=1S/C26H31N3O5S/c1-32-23-9-5-21(6-10-23)27-35(30,31)24-11-7-22(8-12-24)29-16-14-28(15-17-29)19-20-4-13-25(33-2)26(18-20)34-3/h4-13,18,27H,14-17,19H2,1-3H3. The zero-order valence-electron chi connectivity index (χ0n) is 20.2. The summed E-state index contributed by atoms with van der Waals surface area (Å²) in [7, 11) is 1.18. The number of methoxy groups -OCH3 is 3. The molecule has 186 valence electrons. The van der Waals surface area contributed by atoms with Crippen LogP contribution >= 0.6 is 0 Å². The van der Waals surface area contributed by atoms with Crippen LogP contribution in [0.25, 0.3) is 0 Å². The summed E-state index contributed by atoms with van der Waals surface area (Å²) in [6.07, 6.45) is 0. The highest BCUT2D eigenvalue weighted by atomic mass is 32.2. The number of rotatable bonds is 9. The van der Waals surface area contributed by atoms with E-state index in [1.54, 1.807) is 57.7 Å². The van der Waals surface area contributed by atoms with Gasteiger partial charge in [0.15, 0.2) is 11.5 Å². The average Bonchev–Trinajstić information content (AvgIpc) is 2.89. The first-order valence-electron chi connectivity index (χ1n) is 11.4. The Morgan fingerprint density at radius 1 is 0.771 bits per heavy atom. The second-order valence-electron chi connectivity index (χ2n) is 8.28. The maximum atomic E-state index is 12.8. The van der Waals surface area contributed by atoms with Crippen molar-refractivity contribution in [3.63, 3.8) is 0 Å². The molecular weight excluding hydrogens is 466 g/mol. The summed E-state index contributed by atoms with van der Waals surface area (Å²) >= 11 is 0. The van der Waals surface area contributed by atoms with Crippen molar-refractivity contribution in [3.8, 4) is 17.2 Å². The lowest BCUT2D eigenvalue weighted by Gasteiger charge is -2.36. The van der Waals surface area contributed by atoms with E-state index in [2.05, 4.69) is 20.6 Å². The van der Waals surface area contributed by atoms with Crippen LogP contribution in [0.1, 0.15) is 5.56 Å². The van der Waals surface area contributed by atoms with Gasteiger partial charge in [-0.05, 0) is 66.2 Å². The summed E-state index contributed by atoms with van der Waals surface area (Å²) in [5.74, 6) is 2.13. The zero-order chi connectivity index (χ0) is 24.8. The van der Waals surface area contributed by atoms with Crippen molar-refractivity contribution in [2.75, 3.05) is 57.1 Å². The van der Waals surface area contributed by atoms with Gasteiger partial charge in [-0.2, -0.15) is 0 Å². The smallest absolute Gasteiger partial charge is 0.261 e. The number of ether oxygens (including phenoxy) is 3. The van der Waals surface area contributed by atoms with Crippen LogP contribution in [0.15, 0.2) is 71.6 Å². The molecule has 4 rings (SSSR count). The van der Waals surface area contributed by atoms with Gasteiger partial charge in [0.05, 0.1) is 26.2 Å². The summed E-state index contributed by atoms with van der Waals surface area (Å²) in [5.41, 5.74) is 2.68. The summed E-state index contributed by atoms with van der Waals surface area (Å²) in [6, 6.07) is 19.8. The maximum Gasteiger partial charge on any atom is 0.261 e. The molecule has 0 bridgehead atoms. The summed E-state index contributed by atoms with van der Waals surface area (Å²) < 4.78 is 44.0. The van der Waals surface area contributed by atoms with Crippen LogP contribution in [-0.4, -0.2) is 60.8 Å². The number of benzene rings is 3. The molecule has 3 aromatic carbocycles. The Labute approximate surface area is 207 Å². The minimum atomic E-state index is -3.67. The Bertz CT molecular complexity index is 1220. The fraction of sp³-hybridized carbons (Fsp3) is 0.308. The predicted octanol–water partition coefficient (Wildman–Crippen LogP) is 3.84. The summed E-state index contributed by atoms with van der Waals surface area (Å²) in [4.78, 5) is 4.90. The number of hydrogen-bond acceptors (Lipinski definition) is 7. The lowest BCUT2D eigenvalue weighted by molar-refractivity contribution is 0.249. The molecule has 1 heterocycles. The molecule has 1 N–H and O–H groups in total. The second-order valence-corrected chi connectivity index (χ2v) is 9.96. The van der Waals surface area contributed by atoms with Gasteiger partial charge in [-0.3, -0.25) is 9.62 Å². The van der Waals surface area contributed by atoms with Crippen molar-refractivity contribution in [1.82, 2.24) is 4.90 Å². The molecule has 1 aliphatic heterocycles. The van der Waals surface area contributed by atoms with Crippen LogP contribution in [-0.2, 0) is 16.6 Å². The minimum Gasteiger partial charge on any atom is -0.497 e. The molecule has 0 aliphatic carbocycles. The first kappa shape index (κ1) is 24.7. The highest BCUT2D eigenvalue weighted by Crippen LogP contribution is 2.28. The largest absolute Gasteiger partial charge is 0.497 e.